The molecule has 3 aromatic rings. The second-order valence-corrected chi connectivity index (χ2v) is 9.31. The maximum atomic E-state index is 13.3. The van der Waals surface area contributed by atoms with Gasteiger partial charge in [0.05, 0.1) is 18.2 Å². The van der Waals surface area contributed by atoms with Gasteiger partial charge in [0.2, 0.25) is 0 Å². The van der Waals surface area contributed by atoms with Crippen LogP contribution in [0.4, 0.5) is 18.9 Å². The van der Waals surface area contributed by atoms with Gasteiger partial charge >= 0.3 is 6.36 Å². The fourth-order valence-electron chi connectivity index (χ4n) is 4.23. The predicted octanol–water partition coefficient (Wildman–Crippen LogP) is 6.55. The van der Waals surface area contributed by atoms with Gasteiger partial charge < -0.3 is 14.6 Å². The maximum absolute atomic E-state index is 13.3. The van der Waals surface area contributed by atoms with Gasteiger partial charge in [0.25, 0.3) is 11.7 Å². The smallest absolute Gasteiger partial charge is 0.507 e. The Kier molecular flexibility index (Phi) is 7.48. The van der Waals surface area contributed by atoms with Crippen LogP contribution in [0.1, 0.15) is 36.6 Å². The van der Waals surface area contributed by atoms with Crippen molar-refractivity contribution in [2.45, 2.75) is 33.2 Å². The van der Waals surface area contributed by atoms with E-state index in [1.807, 2.05) is 20.8 Å². The number of rotatable bonds is 7. The lowest BCUT2D eigenvalue weighted by Crippen LogP contribution is -2.29. The Bertz CT molecular complexity index is 1370. The molecule has 6 nitrogen and oxygen atoms in total. The highest BCUT2D eigenvalue weighted by atomic mass is 19.4. The highest BCUT2D eigenvalue weighted by molar-refractivity contribution is 6.51. The first kappa shape index (κ1) is 26.8. The molecule has 1 unspecified atom stereocenters. The summed E-state index contributed by atoms with van der Waals surface area (Å²) in [6.45, 7) is 6.37. The van der Waals surface area contributed by atoms with Crippen molar-refractivity contribution in [1.82, 2.24) is 0 Å². The van der Waals surface area contributed by atoms with E-state index in [1.165, 1.54) is 12.1 Å². The van der Waals surface area contributed by atoms with Crippen molar-refractivity contribution in [1.29, 1.82) is 0 Å². The number of Topliss-reactive ketones (excluding diaryl/α,β-unsaturated/α-hetero) is 1. The number of aryl methyl sites for hydroxylation is 1. The van der Waals surface area contributed by atoms with Crippen LogP contribution in [0.15, 0.2) is 78.4 Å². The zero-order valence-corrected chi connectivity index (χ0v) is 21.0. The number of ether oxygens (including phenoxy) is 2. The quantitative estimate of drug-likeness (QED) is 0.215. The van der Waals surface area contributed by atoms with E-state index in [-0.39, 0.29) is 17.0 Å². The minimum Gasteiger partial charge on any atom is -0.507 e. The van der Waals surface area contributed by atoms with Crippen molar-refractivity contribution >= 4 is 23.1 Å². The minimum atomic E-state index is -4.87. The predicted molar refractivity (Wildman–Crippen MR) is 136 cm³/mol. The number of hydrogen-bond donors (Lipinski definition) is 1. The second-order valence-electron chi connectivity index (χ2n) is 9.31. The number of amides is 1. The van der Waals surface area contributed by atoms with Crippen LogP contribution in [-0.2, 0) is 9.59 Å². The molecule has 1 amide bonds. The van der Waals surface area contributed by atoms with Gasteiger partial charge in [-0.2, -0.15) is 0 Å². The Labute approximate surface area is 217 Å². The molecule has 0 bridgehead atoms. The van der Waals surface area contributed by atoms with Crippen LogP contribution in [0.5, 0.6) is 11.5 Å². The van der Waals surface area contributed by atoms with Crippen LogP contribution in [-0.4, -0.2) is 29.8 Å². The number of aliphatic hydroxyl groups is 1. The van der Waals surface area contributed by atoms with E-state index in [4.69, 9.17) is 4.74 Å². The topological polar surface area (TPSA) is 76.1 Å². The number of benzene rings is 3. The molecule has 0 radical (unpaired) electrons. The van der Waals surface area contributed by atoms with Crippen LogP contribution in [0.2, 0.25) is 0 Å². The summed E-state index contributed by atoms with van der Waals surface area (Å²) in [5.41, 5.74) is 1.64. The Balaban J connectivity index is 1.78. The third kappa shape index (κ3) is 5.66. The van der Waals surface area contributed by atoms with Crippen molar-refractivity contribution in [2.75, 3.05) is 11.5 Å². The molecule has 4 rings (SSSR count). The molecule has 0 spiro atoms. The van der Waals surface area contributed by atoms with Gasteiger partial charge in [0.15, 0.2) is 0 Å². The van der Waals surface area contributed by atoms with Crippen LogP contribution in [0.3, 0.4) is 0 Å². The molecule has 1 N–H and O–H groups in total. The largest absolute Gasteiger partial charge is 0.573 e. The molecule has 0 aliphatic carbocycles. The number of nitrogens with zero attached hydrogens (tertiary/aromatic N) is 1. The molecule has 0 aromatic heterocycles. The van der Waals surface area contributed by atoms with Gasteiger partial charge in [-0.3, -0.25) is 14.5 Å². The lowest BCUT2D eigenvalue weighted by Gasteiger charge is -2.25. The first-order valence-electron chi connectivity index (χ1n) is 11.9. The second kappa shape index (κ2) is 10.6. The fourth-order valence-corrected chi connectivity index (χ4v) is 4.23. The SMILES string of the molecule is Cc1cc(/C(O)=C2/C(=O)C(=O)N(c3ccc(OC(F)(F)F)cc3)C2c2ccccc2)ccc1OCC(C)C. The molecule has 1 atom stereocenters. The summed E-state index contributed by atoms with van der Waals surface area (Å²) in [6, 6.07) is 17.2. The van der Waals surface area contributed by atoms with Crippen molar-refractivity contribution in [3.63, 3.8) is 0 Å². The Morgan fingerprint density at radius 2 is 1.66 bits per heavy atom. The van der Waals surface area contributed by atoms with Gasteiger partial charge in [-0.25, -0.2) is 0 Å². The summed E-state index contributed by atoms with van der Waals surface area (Å²) < 4.78 is 47.5. The zero-order chi connectivity index (χ0) is 27.6. The molecule has 9 heteroatoms. The molecule has 1 fully saturated rings. The third-order valence-electron chi connectivity index (χ3n) is 5.93. The van der Waals surface area contributed by atoms with E-state index in [1.54, 1.807) is 48.5 Å². The number of anilines is 1. The van der Waals surface area contributed by atoms with Gasteiger partial charge in [0.1, 0.15) is 17.3 Å². The molecule has 198 valence electrons. The lowest BCUT2D eigenvalue weighted by molar-refractivity contribution is -0.274. The molecular weight excluding hydrogens is 499 g/mol. The number of halogens is 3. The van der Waals surface area contributed by atoms with Gasteiger partial charge in [-0.15, -0.1) is 13.2 Å². The molecule has 1 saturated heterocycles. The summed E-state index contributed by atoms with van der Waals surface area (Å²) in [5.74, 6) is -1.71. The number of aliphatic hydroxyl groups excluding tert-OH is 1. The number of alkyl halides is 3. The zero-order valence-electron chi connectivity index (χ0n) is 21.0. The molecule has 1 aliphatic heterocycles. The van der Waals surface area contributed by atoms with E-state index in [2.05, 4.69) is 4.74 Å². The average molecular weight is 526 g/mol. The fraction of sp³-hybridized carbons (Fsp3) is 0.241. The third-order valence-corrected chi connectivity index (χ3v) is 5.93. The monoisotopic (exact) mass is 525 g/mol. The highest BCUT2D eigenvalue weighted by Crippen LogP contribution is 2.43. The van der Waals surface area contributed by atoms with E-state index in [0.29, 0.717) is 29.4 Å². The van der Waals surface area contributed by atoms with E-state index in [0.717, 1.165) is 22.6 Å². The van der Waals surface area contributed by atoms with Gasteiger partial charge in [-0.1, -0.05) is 44.2 Å². The highest BCUT2D eigenvalue weighted by Gasteiger charge is 2.47. The molecule has 38 heavy (non-hydrogen) atoms. The van der Waals surface area contributed by atoms with Crippen molar-refractivity contribution in [3.8, 4) is 11.5 Å². The summed E-state index contributed by atoms with van der Waals surface area (Å²) >= 11 is 0. The minimum absolute atomic E-state index is 0.132. The van der Waals surface area contributed by atoms with Crippen LogP contribution in [0, 0.1) is 12.8 Å². The van der Waals surface area contributed by atoms with Crippen molar-refractivity contribution in [3.05, 3.63) is 95.1 Å². The summed E-state index contributed by atoms with van der Waals surface area (Å²) in [7, 11) is 0. The average Bonchev–Trinajstić information content (AvgIpc) is 3.13. The van der Waals surface area contributed by atoms with E-state index >= 15 is 0 Å². The molecular formula is C29H26F3NO5. The summed E-state index contributed by atoms with van der Waals surface area (Å²) in [6.07, 6.45) is -4.87. The number of carbonyl (C=O) groups excluding carboxylic acids is 2. The molecule has 3 aromatic carbocycles. The maximum Gasteiger partial charge on any atom is 0.573 e. The van der Waals surface area contributed by atoms with E-state index in [9.17, 15) is 27.9 Å². The van der Waals surface area contributed by atoms with Gasteiger partial charge in [0, 0.05) is 11.3 Å². The standard InChI is InChI=1S/C29H26F3NO5/c1-17(2)16-37-23-14-9-20(15-18(23)3)26(34)24-25(19-7-5-4-6-8-19)33(28(36)27(24)35)21-10-12-22(13-11-21)38-29(30,31)32/h4-15,17,25,34H,16H2,1-3H3/b26-24-. The normalized spacial score (nSPS) is 17.2. The first-order chi connectivity index (χ1) is 18.0. The van der Waals surface area contributed by atoms with Crippen molar-refractivity contribution < 1.29 is 37.3 Å². The number of ketones is 1. The van der Waals surface area contributed by atoms with E-state index < -0.39 is 29.8 Å². The Hall–Kier alpha value is -4.27. The number of hydrogen-bond acceptors (Lipinski definition) is 5. The molecule has 1 heterocycles. The summed E-state index contributed by atoms with van der Waals surface area (Å²) in [4.78, 5) is 27.6. The Morgan fingerprint density at radius 1 is 1.00 bits per heavy atom. The summed E-state index contributed by atoms with van der Waals surface area (Å²) in [5, 5.41) is 11.3. The van der Waals surface area contributed by atoms with Crippen LogP contribution < -0.4 is 14.4 Å². The van der Waals surface area contributed by atoms with Crippen LogP contribution >= 0.6 is 0 Å². The molecule has 0 saturated carbocycles. The Morgan fingerprint density at radius 3 is 2.24 bits per heavy atom. The van der Waals surface area contributed by atoms with Crippen molar-refractivity contribution in [2.24, 2.45) is 5.92 Å². The van der Waals surface area contributed by atoms with Gasteiger partial charge in [-0.05, 0) is 66.4 Å². The lowest BCUT2D eigenvalue weighted by atomic mass is 9.94. The number of carbonyl (C=O) groups is 2. The first-order valence-corrected chi connectivity index (χ1v) is 11.9. The molecule has 1 aliphatic rings. The van der Waals surface area contributed by atoms with Crippen LogP contribution in [0.25, 0.3) is 5.76 Å².